The van der Waals surface area contributed by atoms with Crippen molar-refractivity contribution < 1.29 is 19.4 Å². The first-order chi connectivity index (χ1) is 16.7. The summed E-state index contributed by atoms with van der Waals surface area (Å²) in [6.45, 7) is 6.47. The van der Waals surface area contributed by atoms with Gasteiger partial charge in [-0.15, -0.1) is 0 Å². The minimum Gasteiger partial charge on any atom is -0.507 e. The normalized spacial score (nSPS) is 17.3. The highest BCUT2D eigenvalue weighted by atomic mass is 35.5. The fourth-order valence-corrected chi connectivity index (χ4v) is 4.63. The summed E-state index contributed by atoms with van der Waals surface area (Å²) >= 11 is 12.4. The Hall–Kier alpha value is -3.28. The Bertz CT molecular complexity index is 1310. The molecule has 1 aliphatic heterocycles. The van der Waals surface area contributed by atoms with Crippen molar-refractivity contribution in [3.63, 3.8) is 0 Å². The monoisotopic (exact) mass is 509 g/mol. The average Bonchev–Trinajstić information content (AvgIpc) is 3.07. The molecule has 35 heavy (non-hydrogen) atoms. The van der Waals surface area contributed by atoms with Crippen LogP contribution in [0.1, 0.15) is 36.6 Å². The summed E-state index contributed by atoms with van der Waals surface area (Å²) in [5.41, 5.74) is 2.30. The van der Waals surface area contributed by atoms with Gasteiger partial charge in [0.15, 0.2) is 0 Å². The molecule has 0 spiro atoms. The molecule has 0 bridgehead atoms. The highest BCUT2D eigenvalue weighted by Crippen LogP contribution is 2.44. The average molecular weight is 510 g/mol. The summed E-state index contributed by atoms with van der Waals surface area (Å²) in [5, 5.41) is 12.0. The Kier molecular flexibility index (Phi) is 7.20. The summed E-state index contributed by atoms with van der Waals surface area (Å²) in [5.74, 6) is -0.956. The molecule has 1 aliphatic rings. The minimum absolute atomic E-state index is 0.0126. The number of aliphatic hydroxyl groups excluding tert-OH is 1. The molecule has 0 saturated carbocycles. The zero-order valence-electron chi connectivity index (χ0n) is 19.6. The van der Waals surface area contributed by atoms with Gasteiger partial charge in [0.2, 0.25) is 0 Å². The van der Waals surface area contributed by atoms with E-state index in [-0.39, 0.29) is 11.3 Å². The van der Waals surface area contributed by atoms with Gasteiger partial charge in [0, 0.05) is 21.3 Å². The molecule has 4 rings (SSSR count). The van der Waals surface area contributed by atoms with Crippen molar-refractivity contribution in [2.45, 2.75) is 26.8 Å². The van der Waals surface area contributed by atoms with Crippen molar-refractivity contribution in [3.8, 4) is 5.75 Å². The first-order valence-corrected chi connectivity index (χ1v) is 12.0. The number of hydrogen-bond acceptors (Lipinski definition) is 4. The molecule has 3 aromatic carbocycles. The molecule has 0 aliphatic carbocycles. The lowest BCUT2D eigenvalue weighted by atomic mass is 9.92. The van der Waals surface area contributed by atoms with Gasteiger partial charge in [-0.3, -0.25) is 14.5 Å². The van der Waals surface area contributed by atoms with Crippen LogP contribution in [0.5, 0.6) is 5.75 Å². The van der Waals surface area contributed by atoms with Crippen LogP contribution >= 0.6 is 23.2 Å². The van der Waals surface area contributed by atoms with Gasteiger partial charge in [0.1, 0.15) is 11.5 Å². The number of hydrogen-bond donors (Lipinski definition) is 1. The van der Waals surface area contributed by atoms with Crippen molar-refractivity contribution in [3.05, 3.63) is 99.0 Å². The molecule has 1 amide bonds. The second-order valence-electron chi connectivity index (χ2n) is 8.89. The lowest BCUT2D eigenvalue weighted by Gasteiger charge is -2.27. The number of halogens is 2. The van der Waals surface area contributed by atoms with Crippen molar-refractivity contribution in [1.29, 1.82) is 0 Å². The maximum Gasteiger partial charge on any atom is 0.300 e. The molecule has 1 atom stereocenters. The van der Waals surface area contributed by atoms with Crippen LogP contribution in [-0.4, -0.2) is 23.4 Å². The molecule has 1 unspecified atom stereocenters. The lowest BCUT2D eigenvalue weighted by molar-refractivity contribution is -0.132. The summed E-state index contributed by atoms with van der Waals surface area (Å²) in [6.07, 6.45) is 0. The van der Waals surface area contributed by atoms with Crippen molar-refractivity contribution >= 4 is 46.3 Å². The standard InChI is InChI=1S/C28H25Cl2NO4/c1-16(2)15-35-22-9-6-8-18(11-22)26(32)24-25(23-10-5-4-7-17(23)3)31(28(34)27(24)33)21-13-19(29)12-20(30)14-21/h4-14,16,25,32H,15H2,1-3H3/b26-24+. The number of benzene rings is 3. The van der Waals surface area contributed by atoms with Crippen LogP contribution in [0.4, 0.5) is 5.69 Å². The van der Waals surface area contributed by atoms with Gasteiger partial charge >= 0.3 is 0 Å². The Morgan fingerprint density at radius 2 is 1.69 bits per heavy atom. The molecule has 0 aromatic heterocycles. The molecular weight excluding hydrogens is 485 g/mol. The van der Waals surface area contributed by atoms with E-state index in [0.29, 0.717) is 45.1 Å². The zero-order chi connectivity index (χ0) is 25.3. The number of amides is 1. The van der Waals surface area contributed by atoms with Crippen LogP contribution in [0.25, 0.3) is 5.76 Å². The lowest BCUT2D eigenvalue weighted by Crippen LogP contribution is -2.29. The minimum atomic E-state index is -0.869. The largest absolute Gasteiger partial charge is 0.507 e. The maximum atomic E-state index is 13.4. The van der Waals surface area contributed by atoms with Gasteiger partial charge in [-0.05, 0) is 54.3 Å². The van der Waals surface area contributed by atoms with Crippen LogP contribution in [-0.2, 0) is 9.59 Å². The Morgan fingerprint density at radius 1 is 1.00 bits per heavy atom. The quantitative estimate of drug-likeness (QED) is 0.221. The van der Waals surface area contributed by atoms with Crippen LogP contribution in [0.2, 0.25) is 10.0 Å². The van der Waals surface area contributed by atoms with E-state index in [1.54, 1.807) is 42.5 Å². The number of ketones is 1. The van der Waals surface area contributed by atoms with Crippen molar-refractivity contribution in [2.24, 2.45) is 5.92 Å². The number of nitrogens with zero attached hydrogens (tertiary/aromatic N) is 1. The third-order valence-corrected chi connectivity index (χ3v) is 6.18. The smallest absolute Gasteiger partial charge is 0.300 e. The molecule has 180 valence electrons. The van der Waals surface area contributed by atoms with Crippen LogP contribution in [0.3, 0.4) is 0 Å². The van der Waals surface area contributed by atoms with E-state index in [9.17, 15) is 14.7 Å². The summed E-state index contributed by atoms with van der Waals surface area (Å²) in [4.78, 5) is 28.0. The maximum absolute atomic E-state index is 13.4. The van der Waals surface area contributed by atoms with Crippen LogP contribution in [0.15, 0.2) is 72.3 Å². The van der Waals surface area contributed by atoms with E-state index in [1.165, 1.54) is 4.90 Å². The van der Waals surface area contributed by atoms with Crippen molar-refractivity contribution in [2.75, 3.05) is 11.5 Å². The zero-order valence-corrected chi connectivity index (χ0v) is 21.1. The van der Waals surface area contributed by atoms with Crippen LogP contribution in [0, 0.1) is 12.8 Å². The molecule has 1 N–H and O–H groups in total. The first kappa shape index (κ1) is 24.8. The Labute approximate surface area is 214 Å². The second-order valence-corrected chi connectivity index (χ2v) is 9.76. The third-order valence-electron chi connectivity index (χ3n) is 5.74. The summed E-state index contributed by atoms with van der Waals surface area (Å²) in [7, 11) is 0. The molecule has 1 heterocycles. The van der Waals surface area contributed by atoms with E-state index in [4.69, 9.17) is 27.9 Å². The fraction of sp³-hybridized carbons (Fsp3) is 0.214. The predicted molar refractivity (Wildman–Crippen MR) is 139 cm³/mol. The number of aliphatic hydroxyl groups is 1. The SMILES string of the molecule is Cc1ccccc1C1/C(=C(\O)c2cccc(OCC(C)C)c2)C(=O)C(=O)N1c1cc(Cl)cc(Cl)c1. The van der Waals surface area contributed by atoms with Gasteiger partial charge in [0.05, 0.1) is 18.2 Å². The predicted octanol–water partition coefficient (Wildman–Crippen LogP) is 6.96. The fourth-order valence-electron chi connectivity index (χ4n) is 4.12. The topological polar surface area (TPSA) is 66.8 Å². The van der Waals surface area contributed by atoms with Gasteiger partial charge in [-0.2, -0.15) is 0 Å². The highest BCUT2D eigenvalue weighted by Gasteiger charge is 2.47. The number of ether oxygens (including phenoxy) is 1. The van der Waals surface area contributed by atoms with E-state index in [1.807, 2.05) is 45.0 Å². The number of rotatable bonds is 6. The second kappa shape index (κ2) is 10.1. The van der Waals surface area contributed by atoms with E-state index < -0.39 is 17.7 Å². The molecule has 3 aromatic rings. The molecular formula is C28H25Cl2NO4. The number of anilines is 1. The van der Waals surface area contributed by atoms with Gasteiger partial charge in [-0.25, -0.2) is 0 Å². The number of carbonyl (C=O) groups is 2. The summed E-state index contributed by atoms with van der Waals surface area (Å²) < 4.78 is 5.79. The van der Waals surface area contributed by atoms with E-state index >= 15 is 0 Å². The molecule has 1 fully saturated rings. The van der Waals surface area contributed by atoms with Gasteiger partial charge < -0.3 is 9.84 Å². The Morgan fingerprint density at radius 3 is 2.34 bits per heavy atom. The highest BCUT2D eigenvalue weighted by molar-refractivity contribution is 6.52. The molecule has 5 nitrogen and oxygen atoms in total. The molecule has 0 radical (unpaired) electrons. The van der Waals surface area contributed by atoms with Gasteiger partial charge in [-0.1, -0.05) is 73.4 Å². The number of Topliss-reactive ketones (excluding diaryl/α,β-unsaturated/α-hetero) is 1. The first-order valence-electron chi connectivity index (χ1n) is 11.2. The Balaban J connectivity index is 1.90. The third kappa shape index (κ3) is 5.07. The van der Waals surface area contributed by atoms with E-state index in [0.717, 1.165) is 5.56 Å². The molecule has 7 heteroatoms. The van der Waals surface area contributed by atoms with Crippen molar-refractivity contribution in [1.82, 2.24) is 0 Å². The van der Waals surface area contributed by atoms with Gasteiger partial charge in [0.25, 0.3) is 11.7 Å². The molecule has 1 saturated heterocycles. The van der Waals surface area contributed by atoms with E-state index in [2.05, 4.69) is 0 Å². The van der Waals surface area contributed by atoms with Crippen LogP contribution < -0.4 is 9.64 Å². The number of aryl methyl sites for hydroxylation is 1. The number of carbonyl (C=O) groups excluding carboxylic acids is 2. The summed E-state index contributed by atoms with van der Waals surface area (Å²) in [6, 6.07) is 18.1.